The van der Waals surface area contributed by atoms with Crippen molar-refractivity contribution < 1.29 is 25.0 Å². The standard InChI is InChI=1S/C15H21NO5/c1-2-3-4-5-6-13(16-20)12-8-7-11(9-14(12)17)21-10-15(18)19/h7-9,17,20H,2-6,10H2,1H3,(H,18,19)/b16-13+. The molecule has 0 unspecified atom stereocenters. The molecule has 116 valence electrons. The topological polar surface area (TPSA) is 99.4 Å². The second kappa shape index (κ2) is 8.84. The van der Waals surface area contributed by atoms with Gasteiger partial charge in [-0.1, -0.05) is 31.3 Å². The highest BCUT2D eigenvalue weighted by Gasteiger charge is 2.11. The zero-order valence-corrected chi connectivity index (χ0v) is 12.1. The highest BCUT2D eigenvalue weighted by Crippen LogP contribution is 2.25. The SMILES string of the molecule is CCCCCC/C(=N\O)c1ccc(OCC(=O)O)cc1O. The molecule has 0 aromatic heterocycles. The molecule has 0 amide bonds. The summed E-state index contributed by atoms with van der Waals surface area (Å²) in [6.07, 6.45) is 4.72. The Labute approximate surface area is 123 Å². The number of unbranched alkanes of at least 4 members (excludes halogenated alkanes) is 3. The fraction of sp³-hybridized carbons (Fsp3) is 0.467. The van der Waals surface area contributed by atoms with E-state index >= 15 is 0 Å². The maximum Gasteiger partial charge on any atom is 0.341 e. The lowest BCUT2D eigenvalue weighted by Gasteiger charge is -2.09. The van der Waals surface area contributed by atoms with E-state index in [1.54, 1.807) is 6.07 Å². The lowest BCUT2D eigenvalue weighted by atomic mass is 10.0. The van der Waals surface area contributed by atoms with Crippen molar-refractivity contribution in [3.8, 4) is 11.5 Å². The minimum absolute atomic E-state index is 0.0961. The highest BCUT2D eigenvalue weighted by atomic mass is 16.5. The molecule has 0 saturated heterocycles. The Morgan fingerprint density at radius 2 is 2.05 bits per heavy atom. The number of aromatic hydroxyl groups is 1. The number of carboxylic acid groups (broad SMARTS) is 1. The first-order valence-corrected chi connectivity index (χ1v) is 6.97. The molecule has 0 atom stereocenters. The molecule has 0 aliphatic heterocycles. The van der Waals surface area contributed by atoms with E-state index in [1.165, 1.54) is 12.1 Å². The first kappa shape index (κ1) is 16.8. The van der Waals surface area contributed by atoms with Gasteiger partial charge in [-0.2, -0.15) is 0 Å². The van der Waals surface area contributed by atoms with E-state index in [4.69, 9.17) is 15.1 Å². The van der Waals surface area contributed by atoms with Crippen LogP contribution in [0.25, 0.3) is 0 Å². The molecule has 6 heteroatoms. The van der Waals surface area contributed by atoms with Crippen molar-refractivity contribution in [2.24, 2.45) is 5.16 Å². The van der Waals surface area contributed by atoms with E-state index in [-0.39, 0.29) is 11.5 Å². The number of phenolic OH excluding ortho intramolecular Hbond substituents is 1. The van der Waals surface area contributed by atoms with Gasteiger partial charge in [0.25, 0.3) is 0 Å². The molecule has 0 radical (unpaired) electrons. The molecule has 0 heterocycles. The summed E-state index contributed by atoms with van der Waals surface area (Å²) in [6.45, 7) is 1.64. The van der Waals surface area contributed by atoms with E-state index in [0.29, 0.717) is 17.7 Å². The van der Waals surface area contributed by atoms with Crippen LogP contribution >= 0.6 is 0 Å². The summed E-state index contributed by atoms with van der Waals surface area (Å²) in [6, 6.07) is 4.41. The van der Waals surface area contributed by atoms with Crippen molar-refractivity contribution in [1.82, 2.24) is 0 Å². The zero-order chi connectivity index (χ0) is 15.7. The second-order valence-corrected chi connectivity index (χ2v) is 4.72. The van der Waals surface area contributed by atoms with Gasteiger partial charge in [-0.25, -0.2) is 4.79 Å². The number of carbonyl (C=O) groups is 1. The smallest absolute Gasteiger partial charge is 0.341 e. The van der Waals surface area contributed by atoms with Crippen molar-refractivity contribution in [3.63, 3.8) is 0 Å². The van der Waals surface area contributed by atoms with E-state index in [1.807, 2.05) is 0 Å². The van der Waals surface area contributed by atoms with Crippen LogP contribution in [0.2, 0.25) is 0 Å². The van der Waals surface area contributed by atoms with Crippen molar-refractivity contribution >= 4 is 11.7 Å². The Bertz CT molecular complexity index is 499. The van der Waals surface area contributed by atoms with Crippen molar-refractivity contribution in [2.45, 2.75) is 39.0 Å². The summed E-state index contributed by atoms with van der Waals surface area (Å²) in [5, 5.41) is 30.8. The number of ether oxygens (including phenoxy) is 1. The number of rotatable bonds is 9. The highest BCUT2D eigenvalue weighted by molar-refractivity contribution is 6.02. The maximum absolute atomic E-state index is 10.4. The van der Waals surface area contributed by atoms with Gasteiger partial charge in [0.05, 0.1) is 5.71 Å². The van der Waals surface area contributed by atoms with Gasteiger partial charge in [-0.15, -0.1) is 0 Å². The normalized spacial score (nSPS) is 11.4. The number of phenols is 1. The predicted molar refractivity (Wildman–Crippen MR) is 78.3 cm³/mol. The summed E-state index contributed by atoms with van der Waals surface area (Å²) in [5.74, 6) is -0.935. The number of aliphatic carboxylic acids is 1. The Balaban J connectivity index is 2.70. The predicted octanol–water partition coefficient (Wildman–Crippen LogP) is 3.00. The van der Waals surface area contributed by atoms with Gasteiger partial charge in [0.1, 0.15) is 11.5 Å². The molecule has 6 nitrogen and oxygen atoms in total. The zero-order valence-electron chi connectivity index (χ0n) is 12.1. The summed E-state index contributed by atoms with van der Waals surface area (Å²) in [5.41, 5.74) is 0.838. The fourth-order valence-corrected chi connectivity index (χ4v) is 1.95. The van der Waals surface area contributed by atoms with Crippen molar-refractivity contribution in [1.29, 1.82) is 0 Å². The van der Waals surface area contributed by atoms with E-state index in [0.717, 1.165) is 25.7 Å². The molecule has 21 heavy (non-hydrogen) atoms. The third kappa shape index (κ3) is 5.72. The first-order valence-electron chi connectivity index (χ1n) is 6.97. The molecular weight excluding hydrogens is 274 g/mol. The molecule has 1 rings (SSSR count). The third-order valence-corrected chi connectivity index (χ3v) is 3.03. The van der Waals surface area contributed by atoms with Gasteiger partial charge in [0.15, 0.2) is 6.61 Å². The summed E-state index contributed by atoms with van der Waals surface area (Å²) in [4.78, 5) is 10.4. The molecule has 0 spiro atoms. The summed E-state index contributed by atoms with van der Waals surface area (Å²) < 4.78 is 4.97. The number of hydrogen-bond donors (Lipinski definition) is 3. The molecule has 0 aliphatic carbocycles. The summed E-state index contributed by atoms with van der Waals surface area (Å²) >= 11 is 0. The number of carboxylic acids is 1. The number of benzene rings is 1. The van der Waals surface area contributed by atoms with Gasteiger partial charge in [0.2, 0.25) is 0 Å². The van der Waals surface area contributed by atoms with Crippen LogP contribution in [0.5, 0.6) is 11.5 Å². The van der Waals surface area contributed by atoms with Crippen LogP contribution in [0.15, 0.2) is 23.4 Å². The van der Waals surface area contributed by atoms with Crippen LogP contribution in [0.1, 0.15) is 44.6 Å². The number of nitrogens with zero attached hydrogens (tertiary/aromatic N) is 1. The molecule has 3 N–H and O–H groups in total. The van der Waals surface area contributed by atoms with Crippen molar-refractivity contribution in [2.75, 3.05) is 6.61 Å². The lowest BCUT2D eigenvalue weighted by molar-refractivity contribution is -0.139. The van der Waals surface area contributed by atoms with Gasteiger partial charge in [0, 0.05) is 11.6 Å². The monoisotopic (exact) mass is 295 g/mol. The molecule has 0 saturated carbocycles. The van der Waals surface area contributed by atoms with Gasteiger partial charge >= 0.3 is 5.97 Å². The van der Waals surface area contributed by atoms with Crippen LogP contribution in [0, 0.1) is 0 Å². The summed E-state index contributed by atoms with van der Waals surface area (Å²) in [7, 11) is 0. The van der Waals surface area contributed by atoms with Crippen LogP contribution in [-0.2, 0) is 4.79 Å². The van der Waals surface area contributed by atoms with Gasteiger partial charge < -0.3 is 20.2 Å². The van der Waals surface area contributed by atoms with E-state index in [9.17, 15) is 9.90 Å². The van der Waals surface area contributed by atoms with Crippen molar-refractivity contribution in [3.05, 3.63) is 23.8 Å². The van der Waals surface area contributed by atoms with Gasteiger partial charge in [-0.3, -0.25) is 0 Å². The average Bonchev–Trinajstić information content (AvgIpc) is 2.46. The maximum atomic E-state index is 10.4. The molecule has 0 bridgehead atoms. The molecule has 0 aliphatic rings. The van der Waals surface area contributed by atoms with Crippen LogP contribution in [-0.4, -0.2) is 33.7 Å². The van der Waals surface area contributed by atoms with E-state index in [2.05, 4.69) is 12.1 Å². The first-order chi connectivity index (χ1) is 10.1. The minimum atomic E-state index is -1.09. The largest absolute Gasteiger partial charge is 0.507 e. The Kier molecular flexibility index (Phi) is 7.08. The lowest BCUT2D eigenvalue weighted by Crippen LogP contribution is -2.09. The third-order valence-electron chi connectivity index (χ3n) is 3.03. The van der Waals surface area contributed by atoms with Crippen LogP contribution in [0.4, 0.5) is 0 Å². The Morgan fingerprint density at radius 3 is 2.62 bits per heavy atom. The molecule has 1 aromatic rings. The average molecular weight is 295 g/mol. The number of hydrogen-bond acceptors (Lipinski definition) is 5. The van der Waals surface area contributed by atoms with Gasteiger partial charge in [-0.05, 0) is 25.0 Å². The quantitative estimate of drug-likeness (QED) is 0.281. The minimum Gasteiger partial charge on any atom is -0.507 e. The van der Waals surface area contributed by atoms with Crippen LogP contribution < -0.4 is 4.74 Å². The Hall–Kier alpha value is -2.24. The fourth-order valence-electron chi connectivity index (χ4n) is 1.95. The second-order valence-electron chi connectivity index (χ2n) is 4.72. The number of oxime groups is 1. The van der Waals surface area contributed by atoms with Crippen LogP contribution in [0.3, 0.4) is 0 Å². The Morgan fingerprint density at radius 1 is 1.29 bits per heavy atom. The molecular formula is C15H21NO5. The molecule has 0 fully saturated rings. The van der Waals surface area contributed by atoms with E-state index < -0.39 is 12.6 Å². The molecule has 1 aromatic carbocycles.